The molecular formula is C42H72O2. The van der Waals surface area contributed by atoms with Crippen LogP contribution in [0.25, 0.3) is 0 Å². The fourth-order valence-corrected chi connectivity index (χ4v) is 4.64. The molecule has 0 aliphatic rings. The molecule has 0 rings (SSSR count). The van der Waals surface area contributed by atoms with Crippen LogP contribution in [-0.2, 0) is 9.47 Å². The minimum atomic E-state index is -0.0781. The van der Waals surface area contributed by atoms with Crippen LogP contribution in [0.15, 0.2) is 85.1 Å². The van der Waals surface area contributed by atoms with Crippen LogP contribution in [0.2, 0.25) is 0 Å². The first-order valence-electron chi connectivity index (χ1n) is 17.5. The molecule has 252 valence electrons. The maximum atomic E-state index is 5.49. The van der Waals surface area contributed by atoms with Gasteiger partial charge in [0.2, 0.25) is 0 Å². The number of hydrogen-bond acceptors (Lipinski definition) is 2. The molecule has 0 fully saturated rings. The van der Waals surface area contributed by atoms with Gasteiger partial charge in [0.25, 0.3) is 0 Å². The number of rotatable bonds is 24. The van der Waals surface area contributed by atoms with Crippen LogP contribution in [0.3, 0.4) is 0 Å². The Morgan fingerprint density at radius 2 is 0.818 bits per heavy atom. The van der Waals surface area contributed by atoms with Crippen molar-refractivity contribution in [1.29, 1.82) is 0 Å². The second-order valence-electron chi connectivity index (χ2n) is 14.6. The Balaban J connectivity index is 4.20. The summed E-state index contributed by atoms with van der Waals surface area (Å²) in [7, 11) is 3.56. The normalized spacial score (nSPS) is 18.2. The molecule has 0 aliphatic carbocycles. The van der Waals surface area contributed by atoms with Crippen molar-refractivity contribution in [3.8, 4) is 0 Å². The molecule has 0 bridgehead atoms. The van der Waals surface area contributed by atoms with Gasteiger partial charge >= 0.3 is 0 Å². The van der Waals surface area contributed by atoms with Crippen molar-refractivity contribution < 1.29 is 9.47 Å². The van der Waals surface area contributed by atoms with Gasteiger partial charge in [0, 0.05) is 14.2 Å². The molecule has 0 spiro atoms. The third-order valence-corrected chi connectivity index (χ3v) is 8.43. The summed E-state index contributed by atoms with van der Waals surface area (Å²) >= 11 is 0. The van der Waals surface area contributed by atoms with Crippen LogP contribution in [0, 0.1) is 35.5 Å². The van der Waals surface area contributed by atoms with Crippen molar-refractivity contribution in [2.45, 2.75) is 132 Å². The Kier molecular flexibility index (Phi) is 23.3. The minimum Gasteiger partial charge on any atom is -0.378 e. The Bertz CT molecular complexity index is 910. The van der Waals surface area contributed by atoms with Crippen LogP contribution in [0.5, 0.6) is 0 Å². The van der Waals surface area contributed by atoms with E-state index in [1.54, 1.807) is 14.2 Å². The van der Waals surface area contributed by atoms with E-state index in [-0.39, 0.29) is 11.2 Å². The first kappa shape index (κ1) is 42.1. The molecule has 0 aromatic carbocycles. The van der Waals surface area contributed by atoms with E-state index in [1.165, 1.54) is 19.3 Å². The zero-order chi connectivity index (χ0) is 33.4. The van der Waals surface area contributed by atoms with Gasteiger partial charge in [-0.3, -0.25) is 0 Å². The SMILES string of the molecule is COC(C)(C)C/C=C/C(C)C/C=C/C(C)C/C=C/C(C)/C=C/C=C/C(C)CCCC(C)/C=C/CC(C)/C=C/CC(C)(C)OC. The largest absolute Gasteiger partial charge is 0.378 e. The number of methoxy groups -OCH3 is 2. The van der Waals surface area contributed by atoms with E-state index in [2.05, 4.69) is 154 Å². The van der Waals surface area contributed by atoms with Gasteiger partial charge in [0.05, 0.1) is 11.2 Å². The maximum Gasteiger partial charge on any atom is 0.0657 e. The highest BCUT2D eigenvalue weighted by Crippen LogP contribution is 2.18. The molecule has 0 heterocycles. The summed E-state index contributed by atoms with van der Waals surface area (Å²) in [6.07, 6.45) is 41.4. The molecule has 0 radical (unpaired) electrons. The van der Waals surface area contributed by atoms with Crippen molar-refractivity contribution in [3.63, 3.8) is 0 Å². The third-order valence-electron chi connectivity index (χ3n) is 8.43. The lowest BCUT2D eigenvalue weighted by molar-refractivity contribution is 0.0251. The minimum absolute atomic E-state index is 0.0731. The van der Waals surface area contributed by atoms with E-state index in [4.69, 9.17) is 9.47 Å². The van der Waals surface area contributed by atoms with Gasteiger partial charge in [0.15, 0.2) is 0 Å². The van der Waals surface area contributed by atoms with Crippen molar-refractivity contribution in [1.82, 2.24) is 0 Å². The van der Waals surface area contributed by atoms with E-state index in [0.717, 1.165) is 32.1 Å². The lowest BCUT2D eigenvalue weighted by Crippen LogP contribution is -2.20. The van der Waals surface area contributed by atoms with Crippen LogP contribution >= 0.6 is 0 Å². The van der Waals surface area contributed by atoms with Crippen LogP contribution in [0.1, 0.15) is 121 Å². The number of hydrogen-bond donors (Lipinski definition) is 0. The summed E-state index contributed by atoms with van der Waals surface area (Å²) in [5.41, 5.74) is -0.151. The topological polar surface area (TPSA) is 18.5 Å². The highest BCUT2D eigenvalue weighted by molar-refractivity contribution is 5.09. The highest BCUT2D eigenvalue weighted by atomic mass is 16.5. The lowest BCUT2D eigenvalue weighted by Gasteiger charge is -2.20. The average molecular weight is 609 g/mol. The summed E-state index contributed by atoms with van der Waals surface area (Å²) in [5, 5.41) is 0. The zero-order valence-electron chi connectivity index (χ0n) is 31.0. The number of allylic oxidation sites excluding steroid dienone is 12. The average Bonchev–Trinajstić information content (AvgIpc) is 2.95. The second-order valence-corrected chi connectivity index (χ2v) is 14.6. The van der Waals surface area contributed by atoms with E-state index in [9.17, 15) is 0 Å². The monoisotopic (exact) mass is 609 g/mol. The first-order valence-corrected chi connectivity index (χ1v) is 17.5. The molecule has 0 aromatic rings. The summed E-state index contributed by atoms with van der Waals surface area (Å²) < 4.78 is 11.0. The van der Waals surface area contributed by atoms with Gasteiger partial charge in [-0.15, -0.1) is 0 Å². The molecule has 2 nitrogen and oxygen atoms in total. The highest BCUT2D eigenvalue weighted by Gasteiger charge is 2.14. The molecule has 0 saturated heterocycles. The zero-order valence-corrected chi connectivity index (χ0v) is 31.0. The molecule has 0 aromatic heterocycles. The summed E-state index contributed by atoms with van der Waals surface area (Å²) in [4.78, 5) is 0. The van der Waals surface area contributed by atoms with Gasteiger partial charge in [-0.1, -0.05) is 133 Å². The van der Waals surface area contributed by atoms with Crippen LogP contribution < -0.4 is 0 Å². The predicted molar refractivity (Wildman–Crippen MR) is 198 cm³/mol. The molecule has 2 heteroatoms. The molecule has 0 N–H and O–H groups in total. The summed E-state index contributed by atoms with van der Waals surface area (Å²) in [6, 6.07) is 0. The fraction of sp³-hybridized carbons (Fsp3) is 0.667. The second kappa shape index (κ2) is 24.3. The molecule has 0 aliphatic heterocycles. The summed E-state index contributed by atoms with van der Waals surface area (Å²) in [5.74, 6) is 3.41. The Morgan fingerprint density at radius 3 is 1.27 bits per heavy atom. The van der Waals surface area contributed by atoms with Gasteiger partial charge in [-0.25, -0.2) is 0 Å². The fourth-order valence-electron chi connectivity index (χ4n) is 4.64. The smallest absolute Gasteiger partial charge is 0.0657 e. The number of ether oxygens (including phenoxy) is 2. The van der Waals surface area contributed by atoms with E-state index < -0.39 is 0 Å². The van der Waals surface area contributed by atoms with Crippen molar-refractivity contribution >= 4 is 0 Å². The van der Waals surface area contributed by atoms with Gasteiger partial charge in [0.1, 0.15) is 0 Å². The van der Waals surface area contributed by atoms with Crippen LogP contribution in [-0.4, -0.2) is 25.4 Å². The van der Waals surface area contributed by atoms with Crippen LogP contribution in [0.4, 0.5) is 0 Å². The van der Waals surface area contributed by atoms with Gasteiger partial charge in [-0.05, 0) is 108 Å². The quantitative estimate of drug-likeness (QED) is 0.0801. The van der Waals surface area contributed by atoms with Gasteiger partial charge < -0.3 is 9.47 Å². The standard InChI is InChI=1S/C42H72O2/c1-35(23-15-25-37(3)27-17-29-39(5)31-19-33-41(7,8)43-11)21-13-14-22-36(2)24-16-26-38(4)28-18-30-40(6)32-20-34-42(9,10)44-12/h13-15,17-23,27-28,31-32,35-40H,16,24-26,29-30,33-34H2,1-12H3/b21-13+,22-14+,23-15+,27-17+,28-18+,31-19+,32-20+. The summed E-state index contributed by atoms with van der Waals surface area (Å²) in [6.45, 7) is 22.3. The van der Waals surface area contributed by atoms with E-state index in [0.29, 0.717) is 35.5 Å². The maximum absolute atomic E-state index is 5.49. The van der Waals surface area contributed by atoms with E-state index >= 15 is 0 Å². The molecule has 6 unspecified atom stereocenters. The third kappa shape index (κ3) is 25.4. The van der Waals surface area contributed by atoms with Crippen molar-refractivity contribution in [2.75, 3.05) is 14.2 Å². The molecule has 44 heavy (non-hydrogen) atoms. The molecule has 6 atom stereocenters. The molecular weight excluding hydrogens is 536 g/mol. The molecule has 0 saturated carbocycles. The van der Waals surface area contributed by atoms with E-state index in [1.807, 2.05) is 0 Å². The van der Waals surface area contributed by atoms with Gasteiger partial charge in [-0.2, -0.15) is 0 Å². The Hall–Kier alpha value is -1.90. The first-order chi connectivity index (χ1) is 20.7. The lowest BCUT2D eigenvalue weighted by atomic mass is 9.97. The predicted octanol–water partition coefficient (Wildman–Crippen LogP) is 12.7. The van der Waals surface area contributed by atoms with Crippen molar-refractivity contribution in [2.24, 2.45) is 35.5 Å². The molecule has 0 amide bonds. The Morgan fingerprint density at radius 1 is 0.455 bits per heavy atom. The van der Waals surface area contributed by atoms with Crippen molar-refractivity contribution in [3.05, 3.63) is 85.1 Å². The Labute approximate surface area is 275 Å².